The summed E-state index contributed by atoms with van der Waals surface area (Å²) < 4.78 is 0. The molecule has 0 radical (unpaired) electrons. The molecule has 0 aromatic rings. The fourth-order valence-corrected chi connectivity index (χ4v) is 2.88. The van der Waals surface area contributed by atoms with Gasteiger partial charge in [-0.1, -0.05) is 21.3 Å². The summed E-state index contributed by atoms with van der Waals surface area (Å²) >= 11 is 0. The number of likely N-dealkylation sites (tertiary alicyclic amines) is 2. The highest BCUT2D eigenvalue weighted by Crippen LogP contribution is 2.17. The fraction of sp³-hybridized carbons (Fsp3) is 1.00. The minimum Gasteiger partial charge on any atom is -0.301 e. The average molecular weight is 271 g/mol. The van der Waals surface area contributed by atoms with E-state index >= 15 is 0 Å². The highest BCUT2D eigenvalue weighted by Gasteiger charge is 2.20. The molecule has 2 rings (SSSR count). The minimum atomic E-state index is 0. The van der Waals surface area contributed by atoms with Crippen LogP contribution >= 0.6 is 0 Å². The van der Waals surface area contributed by atoms with E-state index in [0.29, 0.717) is 0 Å². The van der Waals surface area contributed by atoms with Gasteiger partial charge in [-0.25, -0.2) is 0 Å². The fourth-order valence-electron chi connectivity index (χ4n) is 2.88. The Morgan fingerprint density at radius 2 is 1.05 bits per heavy atom. The molecule has 19 heavy (non-hydrogen) atoms. The van der Waals surface area contributed by atoms with E-state index in [9.17, 15) is 0 Å². The van der Waals surface area contributed by atoms with Gasteiger partial charge < -0.3 is 9.80 Å². The van der Waals surface area contributed by atoms with Crippen LogP contribution in [0.25, 0.3) is 0 Å². The van der Waals surface area contributed by atoms with Crippen LogP contribution in [0.4, 0.5) is 0 Å². The first-order valence-corrected chi connectivity index (χ1v) is 7.88. The Bertz CT molecular complexity index is 201. The van der Waals surface area contributed by atoms with Crippen LogP contribution in [0.5, 0.6) is 0 Å². The quantitative estimate of drug-likeness (QED) is 0.745. The first-order chi connectivity index (χ1) is 8.40. The summed E-state index contributed by atoms with van der Waals surface area (Å²) in [5, 5.41) is 0. The van der Waals surface area contributed by atoms with Gasteiger partial charge in [-0.2, -0.15) is 0 Å². The highest BCUT2D eigenvalue weighted by atomic mass is 15.2. The SMILES string of the molecule is C.CC1CCN(C(C)C)C1.CC1CCN(C(C)C)C1. The van der Waals surface area contributed by atoms with Gasteiger partial charge in [-0.3, -0.25) is 0 Å². The molecule has 2 atom stereocenters. The van der Waals surface area contributed by atoms with Gasteiger partial charge in [0.2, 0.25) is 0 Å². The molecule has 0 aliphatic carbocycles. The maximum Gasteiger partial charge on any atom is 0.00387 e. The van der Waals surface area contributed by atoms with Crippen LogP contribution in [-0.2, 0) is 0 Å². The zero-order valence-electron chi connectivity index (χ0n) is 13.4. The van der Waals surface area contributed by atoms with Gasteiger partial charge in [0, 0.05) is 25.2 Å². The van der Waals surface area contributed by atoms with Crippen molar-refractivity contribution in [3.63, 3.8) is 0 Å². The van der Waals surface area contributed by atoms with Crippen molar-refractivity contribution in [1.29, 1.82) is 0 Å². The summed E-state index contributed by atoms with van der Waals surface area (Å²) in [7, 11) is 0. The summed E-state index contributed by atoms with van der Waals surface area (Å²) in [6, 6.07) is 1.52. The lowest BCUT2D eigenvalue weighted by molar-refractivity contribution is 0.267. The molecule has 0 aromatic carbocycles. The van der Waals surface area contributed by atoms with Gasteiger partial charge in [-0.15, -0.1) is 0 Å². The maximum atomic E-state index is 2.55. The zero-order chi connectivity index (χ0) is 13.7. The molecule has 2 fully saturated rings. The molecule has 0 spiro atoms. The van der Waals surface area contributed by atoms with Gasteiger partial charge in [0.05, 0.1) is 0 Å². The first kappa shape index (κ1) is 18.9. The lowest BCUT2D eigenvalue weighted by Gasteiger charge is -2.19. The summed E-state index contributed by atoms with van der Waals surface area (Å²) in [4.78, 5) is 5.09. The van der Waals surface area contributed by atoms with Crippen molar-refractivity contribution in [3.05, 3.63) is 0 Å². The Labute approximate surface area is 122 Å². The molecule has 2 nitrogen and oxygen atoms in total. The Balaban J connectivity index is 0.000000324. The molecule has 0 saturated carbocycles. The van der Waals surface area contributed by atoms with E-state index < -0.39 is 0 Å². The third-order valence-corrected chi connectivity index (χ3v) is 4.37. The van der Waals surface area contributed by atoms with Gasteiger partial charge in [-0.05, 0) is 65.5 Å². The molecular weight excluding hydrogens is 232 g/mol. The Morgan fingerprint density at radius 3 is 1.16 bits per heavy atom. The molecule has 2 heteroatoms. The molecule has 0 N–H and O–H groups in total. The Hall–Kier alpha value is -0.0800. The third kappa shape index (κ3) is 6.76. The van der Waals surface area contributed by atoms with Crippen LogP contribution in [0.15, 0.2) is 0 Å². The molecule has 0 amide bonds. The van der Waals surface area contributed by atoms with E-state index in [2.05, 4.69) is 51.3 Å². The van der Waals surface area contributed by atoms with E-state index in [0.717, 1.165) is 23.9 Å². The second kappa shape index (κ2) is 8.97. The highest BCUT2D eigenvalue weighted by molar-refractivity contribution is 4.75. The van der Waals surface area contributed by atoms with Crippen LogP contribution < -0.4 is 0 Å². The third-order valence-electron chi connectivity index (χ3n) is 4.37. The van der Waals surface area contributed by atoms with E-state index in [1.54, 1.807) is 0 Å². The van der Waals surface area contributed by atoms with Crippen LogP contribution in [-0.4, -0.2) is 48.1 Å². The molecule has 0 aromatic heterocycles. The van der Waals surface area contributed by atoms with Crippen LogP contribution in [0.3, 0.4) is 0 Å². The van der Waals surface area contributed by atoms with Crippen LogP contribution in [0.2, 0.25) is 0 Å². The largest absolute Gasteiger partial charge is 0.301 e. The van der Waals surface area contributed by atoms with Crippen molar-refractivity contribution in [2.24, 2.45) is 11.8 Å². The molecule has 2 heterocycles. The van der Waals surface area contributed by atoms with Crippen LogP contribution in [0, 0.1) is 11.8 Å². The van der Waals surface area contributed by atoms with Gasteiger partial charge >= 0.3 is 0 Å². The zero-order valence-corrected chi connectivity index (χ0v) is 13.4. The molecular formula is C17H38N2. The standard InChI is InChI=1S/2C8H17N.CH4/c2*1-7(2)9-5-4-8(3)6-9;/h2*7-8H,4-6H2,1-3H3;1H4. The normalized spacial score (nSPS) is 28.4. The molecule has 116 valence electrons. The summed E-state index contributed by atoms with van der Waals surface area (Å²) in [6.45, 7) is 19.0. The lowest BCUT2D eigenvalue weighted by atomic mass is 10.2. The van der Waals surface area contributed by atoms with Crippen molar-refractivity contribution < 1.29 is 0 Å². The predicted molar refractivity (Wildman–Crippen MR) is 87.7 cm³/mol. The number of nitrogens with zero attached hydrogens (tertiary/aromatic N) is 2. The van der Waals surface area contributed by atoms with E-state index in [-0.39, 0.29) is 7.43 Å². The van der Waals surface area contributed by atoms with Crippen molar-refractivity contribution in [3.8, 4) is 0 Å². The molecule has 0 bridgehead atoms. The second-order valence-corrected chi connectivity index (χ2v) is 6.97. The molecule has 2 saturated heterocycles. The topological polar surface area (TPSA) is 6.48 Å². The maximum absolute atomic E-state index is 2.55. The number of rotatable bonds is 2. The summed E-state index contributed by atoms with van der Waals surface area (Å²) in [6.07, 6.45) is 2.80. The van der Waals surface area contributed by atoms with Crippen molar-refractivity contribution in [2.75, 3.05) is 26.2 Å². The molecule has 2 unspecified atom stereocenters. The smallest absolute Gasteiger partial charge is 0.00387 e. The van der Waals surface area contributed by atoms with E-state index in [1.165, 1.54) is 39.0 Å². The van der Waals surface area contributed by atoms with Crippen molar-refractivity contribution in [2.45, 2.75) is 73.9 Å². The Kier molecular flexibility index (Phi) is 8.93. The second-order valence-electron chi connectivity index (χ2n) is 6.97. The monoisotopic (exact) mass is 270 g/mol. The predicted octanol–water partition coefficient (Wildman–Crippen LogP) is 4.11. The van der Waals surface area contributed by atoms with Gasteiger partial charge in [0.1, 0.15) is 0 Å². The molecule has 2 aliphatic heterocycles. The Morgan fingerprint density at radius 1 is 0.737 bits per heavy atom. The average Bonchev–Trinajstić information content (AvgIpc) is 2.88. The van der Waals surface area contributed by atoms with Gasteiger partial charge in [0.25, 0.3) is 0 Å². The van der Waals surface area contributed by atoms with Crippen molar-refractivity contribution >= 4 is 0 Å². The summed E-state index contributed by atoms with van der Waals surface area (Å²) in [5.74, 6) is 1.87. The van der Waals surface area contributed by atoms with E-state index in [4.69, 9.17) is 0 Å². The number of hydrogen-bond acceptors (Lipinski definition) is 2. The van der Waals surface area contributed by atoms with Crippen LogP contribution in [0.1, 0.15) is 61.8 Å². The van der Waals surface area contributed by atoms with Gasteiger partial charge in [0.15, 0.2) is 0 Å². The molecule has 2 aliphatic rings. The summed E-state index contributed by atoms with van der Waals surface area (Å²) in [5.41, 5.74) is 0. The minimum absolute atomic E-state index is 0. The first-order valence-electron chi connectivity index (χ1n) is 7.88. The van der Waals surface area contributed by atoms with Crippen molar-refractivity contribution in [1.82, 2.24) is 9.80 Å². The lowest BCUT2D eigenvalue weighted by Crippen LogP contribution is -2.27. The van der Waals surface area contributed by atoms with E-state index in [1.807, 2.05) is 0 Å². The number of hydrogen-bond donors (Lipinski definition) is 0.